The van der Waals surface area contributed by atoms with Crippen LogP contribution in [0.5, 0.6) is 0 Å². The van der Waals surface area contributed by atoms with E-state index < -0.39 is 0 Å². The summed E-state index contributed by atoms with van der Waals surface area (Å²) in [6, 6.07) is 0. The predicted octanol–water partition coefficient (Wildman–Crippen LogP) is 1.19. The molecule has 4 heteroatoms. The minimum absolute atomic E-state index is 0.246. The molecule has 82 valence electrons. The van der Waals surface area contributed by atoms with E-state index in [9.17, 15) is 4.79 Å². The number of piperidine rings is 1. The molecular formula is C10H19NO2S. The average molecular weight is 217 g/mol. The van der Waals surface area contributed by atoms with E-state index >= 15 is 0 Å². The zero-order valence-corrected chi connectivity index (χ0v) is 9.63. The highest BCUT2D eigenvalue weighted by atomic mass is 32.1. The molecule has 1 heterocycles. The Balaban J connectivity index is 2.24. The Hall–Kier alpha value is -0.220. The molecule has 0 aromatic carbocycles. The van der Waals surface area contributed by atoms with Crippen LogP contribution in [0.3, 0.4) is 0 Å². The summed E-state index contributed by atoms with van der Waals surface area (Å²) >= 11 is 4.06. The normalized spacial score (nSPS) is 18.6. The molecule has 1 aliphatic rings. The molecule has 14 heavy (non-hydrogen) atoms. The first-order valence-electron chi connectivity index (χ1n) is 5.15. The van der Waals surface area contributed by atoms with Crippen molar-refractivity contribution in [1.29, 1.82) is 0 Å². The largest absolute Gasteiger partial charge is 0.384 e. The van der Waals surface area contributed by atoms with Crippen molar-refractivity contribution in [3.8, 4) is 0 Å². The first-order valence-corrected chi connectivity index (χ1v) is 5.78. The Bertz CT molecular complexity index is 179. The fourth-order valence-electron chi connectivity index (χ4n) is 1.84. The molecule has 0 radical (unpaired) electrons. The molecular weight excluding hydrogens is 198 g/mol. The Labute approximate surface area is 91.2 Å². The van der Waals surface area contributed by atoms with Crippen molar-refractivity contribution in [1.82, 2.24) is 4.90 Å². The number of hydrogen-bond donors (Lipinski definition) is 1. The van der Waals surface area contributed by atoms with E-state index in [-0.39, 0.29) is 5.91 Å². The van der Waals surface area contributed by atoms with Gasteiger partial charge in [-0.3, -0.25) is 4.79 Å². The quantitative estimate of drug-likeness (QED) is 0.717. The number of hydrogen-bond acceptors (Lipinski definition) is 3. The van der Waals surface area contributed by atoms with Crippen molar-refractivity contribution < 1.29 is 9.53 Å². The van der Waals surface area contributed by atoms with Crippen LogP contribution in [0.2, 0.25) is 0 Å². The Morgan fingerprint density at radius 3 is 2.64 bits per heavy atom. The maximum Gasteiger partial charge on any atom is 0.223 e. The lowest BCUT2D eigenvalue weighted by Crippen LogP contribution is -2.39. The van der Waals surface area contributed by atoms with Gasteiger partial charge in [-0.15, -0.1) is 0 Å². The van der Waals surface area contributed by atoms with Gasteiger partial charge in [-0.25, -0.2) is 0 Å². The molecule has 0 bridgehead atoms. The summed E-state index contributed by atoms with van der Waals surface area (Å²) in [6.45, 7) is 2.61. The van der Waals surface area contributed by atoms with Crippen molar-refractivity contribution >= 4 is 18.5 Å². The smallest absolute Gasteiger partial charge is 0.223 e. The van der Waals surface area contributed by atoms with Crippen molar-refractivity contribution in [2.45, 2.75) is 19.3 Å². The maximum atomic E-state index is 11.5. The second-order valence-corrected chi connectivity index (χ2v) is 4.20. The first kappa shape index (κ1) is 11.9. The van der Waals surface area contributed by atoms with Gasteiger partial charge < -0.3 is 9.64 Å². The molecule has 1 fully saturated rings. The number of amides is 1. The number of nitrogens with zero attached hydrogens (tertiary/aromatic N) is 1. The zero-order valence-electron chi connectivity index (χ0n) is 8.74. The molecule has 0 spiro atoms. The fraction of sp³-hybridized carbons (Fsp3) is 0.900. The lowest BCUT2D eigenvalue weighted by atomic mass is 9.98. The van der Waals surface area contributed by atoms with Gasteiger partial charge >= 0.3 is 0 Å². The Kier molecular flexibility index (Phi) is 5.33. The minimum Gasteiger partial charge on any atom is -0.384 e. The van der Waals surface area contributed by atoms with E-state index in [2.05, 4.69) is 12.6 Å². The molecule has 0 aromatic rings. The monoisotopic (exact) mass is 217 g/mol. The highest BCUT2D eigenvalue weighted by Crippen LogP contribution is 2.17. The summed E-state index contributed by atoms with van der Waals surface area (Å²) in [5, 5.41) is 0. The van der Waals surface area contributed by atoms with Crippen LogP contribution in [-0.4, -0.2) is 43.4 Å². The molecule has 0 aromatic heterocycles. The van der Waals surface area contributed by atoms with Crippen molar-refractivity contribution in [3.05, 3.63) is 0 Å². The first-order chi connectivity index (χ1) is 6.77. The molecule has 0 N–H and O–H groups in total. The molecule has 0 atom stereocenters. The molecule has 1 saturated heterocycles. The minimum atomic E-state index is 0.246. The highest BCUT2D eigenvalue weighted by Gasteiger charge is 2.21. The van der Waals surface area contributed by atoms with Gasteiger partial charge in [0.2, 0.25) is 5.91 Å². The number of likely N-dealkylation sites (tertiary alicyclic amines) is 1. The number of carbonyl (C=O) groups is 1. The lowest BCUT2D eigenvalue weighted by molar-refractivity contribution is -0.132. The maximum absolute atomic E-state index is 11.5. The second kappa shape index (κ2) is 6.30. The third-order valence-corrected chi connectivity index (χ3v) is 2.92. The molecule has 0 unspecified atom stereocenters. The van der Waals surface area contributed by atoms with Gasteiger partial charge in [-0.1, -0.05) is 0 Å². The van der Waals surface area contributed by atoms with Gasteiger partial charge in [0.15, 0.2) is 0 Å². The van der Waals surface area contributed by atoms with Crippen LogP contribution >= 0.6 is 12.6 Å². The van der Waals surface area contributed by atoms with E-state index in [0.717, 1.165) is 32.5 Å². The van der Waals surface area contributed by atoms with Crippen molar-refractivity contribution in [2.24, 2.45) is 5.92 Å². The number of rotatable bonds is 4. The number of thiol groups is 1. The lowest BCUT2D eigenvalue weighted by Gasteiger charge is -2.31. The standard InChI is InChI=1S/C10H19NO2S/c1-13-8-9-2-5-11(6-3-9)10(12)4-7-14/h9,14H,2-8H2,1H3. The summed E-state index contributed by atoms with van der Waals surface area (Å²) in [5.74, 6) is 1.53. The summed E-state index contributed by atoms with van der Waals surface area (Å²) in [6.07, 6.45) is 2.72. The van der Waals surface area contributed by atoms with Crippen LogP contribution in [0.15, 0.2) is 0 Å². The van der Waals surface area contributed by atoms with E-state index in [0.29, 0.717) is 18.1 Å². The third-order valence-electron chi connectivity index (χ3n) is 2.70. The SMILES string of the molecule is COCC1CCN(C(=O)CCS)CC1. The average Bonchev–Trinajstić information content (AvgIpc) is 2.20. The van der Waals surface area contributed by atoms with E-state index in [1.54, 1.807) is 7.11 Å². The predicted molar refractivity (Wildman–Crippen MR) is 59.7 cm³/mol. The molecule has 1 rings (SSSR count). The van der Waals surface area contributed by atoms with Gasteiger partial charge in [0.25, 0.3) is 0 Å². The van der Waals surface area contributed by atoms with Gasteiger partial charge in [-0.2, -0.15) is 12.6 Å². The van der Waals surface area contributed by atoms with Crippen LogP contribution in [0.4, 0.5) is 0 Å². The van der Waals surface area contributed by atoms with E-state index in [1.807, 2.05) is 4.90 Å². The molecule has 1 aliphatic heterocycles. The number of carbonyl (C=O) groups excluding carboxylic acids is 1. The molecule has 1 amide bonds. The van der Waals surface area contributed by atoms with Gasteiger partial charge in [0.1, 0.15) is 0 Å². The van der Waals surface area contributed by atoms with Gasteiger partial charge in [0.05, 0.1) is 0 Å². The summed E-state index contributed by atoms with van der Waals surface area (Å²) in [7, 11) is 1.73. The third kappa shape index (κ3) is 3.50. The summed E-state index contributed by atoms with van der Waals surface area (Å²) in [5.41, 5.74) is 0. The van der Waals surface area contributed by atoms with E-state index in [4.69, 9.17) is 4.74 Å². The van der Waals surface area contributed by atoms with E-state index in [1.165, 1.54) is 0 Å². The second-order valence-electron chi connectivity index (χ2n) is 3.75. The van der Waals surface area contributed by atoms with Crippen molar-refractivity contribution in [2.75, 3.05) is 32.6 Å². The zero-order chi connectivity index (χ0) is 10.4. The summed E-state index contributed by atoms with van der Waals surface area (Å²) in [4.78, 5) is 13.5. The van der Waals surface area contributed by atoms with Gasteiger partial charge in [0, 0.05) is 33.2 Å². The molecule has 0 aliphatic carbocycles. The van der Waals surface area contributed by atoms with Crippen LogP contribution in [0.1, 0.15) is 19.3 Å². The molecule has 0 saturated carbocycles. The number of methoxy groups -OCH3 is 1. The summed E-state index contributed by atoms with van der Waals surface area (Å²) < 4.78 is 5.11. The van der Waals surface area contributed by atoms with Gasteiger partial charge in [-0.05, 0) is 24.5 Å². The van der Waals surface area contributed by atoms with Crippen LogP contribution in [0, 0.1) is 5.92 Å². The van der Waals surface area contributed by atoms with Crippen molar-refractivity contribution in [3.63, 3.8) is 0 Å². The Morgan fingerprint density at radius 2 is 2.14 bits per heavy atom. The topological polar surface area (TPSA) is 29.5 Å². The van der Waals surface area contributed by atoms with Crippen LogP contribution < -0.4 is 0 Å². The molecule has 3 nitrogen and oxygen atoms in total. The fourth-order valence-corrected chi connectivity index (χ4v) is 2.03. The highest BCUT2D eigenvalue weighted by molar-refractivity contribution is 7.80. The Morgan fingerprint density at radius 1 is 1.50 bits per heavy atom. The van der Waals surface area contributed by atoms with Crippen LogP contribution in [0.25, 0.3) is 0 Å². The van der Waals surface area contributed by atoms with Crippen LogP contribution in [-0.2, 0) is 9.53 Å². The number of ether oxygens (including phenoxy) is 1.